The number of likely N-dealkylation sites (N-methyl/N-ethyl adjacent to an activating group) is 1. The number of rotatable bonds is 1. The van der Waals surface area contributed by atoms with Crippen LogP contribution in [-0.4, -0.2) is 43.7 Å². The van der Waals surface area contributed by atoms with Gasteiger partial charge in [0.2, 0.25) is 0 Å². The summed E-state index contributed by atoms with van der Waals surface area (Å²) in [5.74, 6) is -0.180. The zero-order valence-corrected chi connectivity index (χ0v) is 9.36. The van der Waals surface area contributed by atoms with Gasteiger partial charge in [0.15, 0.2) is 0 Å². The van der Waals surface area contributed by atoms with Crippen LogP contribution in [0.1, 0.15) is 6.42 Å². The topological polar surface area (TPSA) is 55.6 Å². The highest BCUT2D eigenvalue weighted by atomic mass is 35.5. The van der Waals surface area contributed by atoms with Gasteiger partial charge in [-0.15, -0.1) is 24.8 Å². The van der Waals surface area contributed by atoms with E-state index in [9.17, 15) is 4.79 Å². The molecule has 0 bridgehead atoms. The van der Waals surface area contributed by atoms with Gasteiger partial charge in [-0.1, -0.05) is 0 Å². The Labute approximate surface area is 90.6 Å². The lowest BCUT2D eigenvalue weighted by Crippen LogP contribution is -2.33. The maximum absolute atomic E-state index is 11.1. The molecular formula is C7H16Cl2N2O2. The van der Waals surface area contributed by atoms with Crippen LogP contribution in [0.2, 0.25) is 0 Å². The van der Waals surface area contributed by atoms with Crippen molar-refractivity contribution < 1.29 is 9.53 Å². The molecule has 2 N–H and O–H groups in total. The standard InChI is InChI=1S/C7H14N2O2.2ClH/c1-9-4-5(8)3-6(9)7(10)11-2;;/h5-6H,3-4,8H2,1-2H3;2*1H/t5-,6+;;/m1../s1. The second-order valence-electron chi connectivity index (χ2n) is 2.97. The lowest BCUT2D eigenvalue weighted by Gasteiger charge is -2.15. The minimum Gasteiger partial charge on any atom is -0.468 e. The zero-order chi connectivity index (χ0) is 8.43. The Kier molecular flexibility index (Phi) is 7.64. The van der Waals surface area contributed by atoms with Gasteiger partial charge in [0, 0.05) is 12.6 Å². The lowest BCUT2D eigenvalue weighted by molar-refractivity contribution is -0.145. The molecule has 1 heterocycles. The van der Waals surface area contributed by atoms with Gasteiger partial charge in [0.05, 0.1) is 7.11 Å². The molecule has 6 heteroatoms. The van der Waals surface area contributed by atoms with Crippen molar-refractivity contribution in [2.24, 2.45) is 5.73 Å². The molecule has 1 rings (SSSR count). The Morgan fingerprint density at radius 1 is 1.54 bits per heavy atom. The fourth-order valence-corrected chi connectivity index (χ4v) is 1.45. The van der Waals surface area contributed by atoms with Crippen molar-refractivity contribution in [3.63, 3.8) is 0 Å². The molecular weight excluding hydrogens is 215 g/mol. The van der Waals surface area contributed by atoms with E-state index >= 15 is 0 Å². The number of hydrogen-bond donors (Lipinski definition) is 1. The largest absolute Gasteiger partial charge is 0.468 e. The van der Waals surface area contributed by atoms with Crippen molar-refractivity contribution in [3.8, 4) is 0 Å². The number of methoxy groups -OCH3 is 1. The number of nitrogens with two attached hydrogens (primary N) is 1. The Hall–Kier alpha value is -0.0300. The van der Waals surface area contributed by atoms with Crippen molar-refractivity contribution in [2.45, 2.75) is 18.5 Å². The minimum atomic E-state index is -0.180. The Morgan fingerprint density at radius 3 is 2.38 bits per heavy atom. The van der Waals surface area contributed by atoms with Crippen LogP contribution in [0, 0.1) is 0 Å². The first-order valence-electron chi connectivity index (χ1n) is 3.68. The first kappa shape index (κ1) is 15.4. The van der Waals surface area contributed by atoms with Crippen molar-refractivity contribution in [3.05, 3.63) is 0 Å². The SMILES string of the molecule is COC(=O)[C@@H]1C[C@@H](N)CN1C.Cl.Cl. The van der Waals surface area contributed by atoms with Crippen LogP contribution in [0.5, 0.6) is 0 Å². The molecule has 0 spiro atoms. The summed E-state index contributed by atoms with van der Waals surface area (Å²) in [6, 6.07) is -0.0147. The molecule has 80 valence electrons. The van der Waals surface area contributed by atoms with Crippen LogP contribution in [-0.2, 0) is 9.53 Å². The van der Waals surface area contributed by atoms with Gasteiger partial charge in [-0.3, -0.25) is 9.69 Å². The van der Waals surface area contributed by atoms with Gasteiger partial charge in [-0.05, 0) is 13.5 Å². The number of carbonyl (C=O) groups is 1. The van der Waals surface area contributed by atoms with Gasteiger partial charge < -0.3 is 10.5 Å². The van der Waals surface area contributed by atoms with Crippen molar-refractivity contribution in [1.82, 2.24) is 4.90 Å². The molecule has 1 fully saturated rings. The molecule has 0 aliphatic carbocycles. The quantitative estimate of drug-likeness (QED) is 0.647. The summed E-state index contributed by atoms with van der Waals surface area (Å²) < 4.78 is 4.62. The van der Waals surface area contributed by atoms with Crippen LogP contribution < -0.4 is 5.73 Å². The molecule has 4 nitrogen and oxygen atoms in total. The lowest BCUT2D eigenvalue weighted by atomic mass is 10.2. The highest BCUT2D eigenvalue weighted by Gasteiger charge is 2.32. The Morgan fingerprint density at radius 2 is 2.08 bits per heavy atom. The van der Waals surface area contributed by atoms with Crippen LogP contribution in [0.4, 0.5) is 0 Å². The van der Waals surface area contributed by atoms with E-state index < -0.39 is 0 Å². The monoisotopic (exact) mass is 230 g/mol. The van der Waals surface area contributed by atoms with Crippen molar-refractivity contribution >= 4 is 30.8 Å². The highest BCUT2D eigenvalue weighted by molar-refractivity contribution is 5.85. The molecule has 0 unspecified atom stereocenters. The summed E-state index contributed by atoms with van der Waals surface area (Å²) >= 11 is 0. The third-order valence-electron chi connectivity index (χ3n) is 2.05. The molecule has 0 saturated carbocycles. The third-order valence-corrected chi connectivity index (χ3v) is 2.05. The smallest absolute Gasteiger partial charge is 0.323 e. The van der Waals surface area contributed by atoms with Crippen molar-refractivity contribution in [2.75, 3.05) is 20.7 Å². The molecule has 2 atom stereocenters. The number of nitrogens with zero attached hydrogens (tertiary/aromatic N) is 1. The number of ether oxygens (including phenoxy) is 1. The summed E-state index contributed by atoms with van der Waals surface area (Å²) in [4.78, 5) is 13.0. The van der Waals surface area contributed by atoms with E-state index in [4.69, 9.17) is 5.73 Å². The molecule has 1 aliphatic heterocycles. The number of halogens is 2. The predicted molar refractivity (Wildman–Crippen MR) is 55.5 cm³/mol. The van der Waals surface area contributed by atoms with E-state index in [1.807, 2.05) is 11.9 Å². The number of esters is 1. The first-order valence-corrected chi connectivity index (χ1v) is 3.68. The molecule has 1 aliphatic rings. The average Bonchev–Trinajstić information content (AvgIpc) is 2.28. The summed E-state index contributed by atoms with van der Waals surface area (Å²) in [5.41, 5.74) is 5.66. The van der Waals surface area contributed by atoms with E-state index in [2.05, 4.69) is 4.74 Å². The van der Waals surface area contributed by atoms with Crippen molar-refractivity contribution in [1.29, 1.82) is 0 Å². The maximum Gasteiger partial charge on any atom is 0.323 e. The molecule has 0 amide bonds. The van der Waals surface area contributed by atoms with Gasteiger partial charge in [0.25, 0.3) is 0 Å². The number of likely N-dealkylation sites (tertiary alicyclic amines) is 1. The van der Waals surface area contributed by atoms with Crippen LogP contribution in [0.25, 0.3) is 0 Å². The second-order valence-corrected chi connectivity index (χ2v) is 2.97. The molecule has 0 aromatic heterocycles. The Bertz CT molecular complexity index is 169. The Balaban J connectivity index is 0. The summed E-state index contributed by atoms with van der Waals surface area (Å²) in [6.45, 7) is 0.778. The predicted octanol–water partition coefficient (Wildman–Crippen LogP) is 0.0344. The van der Waals surface area contributed by atoms with E-state index in [1.165, 1.54) is 7.11 Å². The van der Waals surface area contributed by atoms with Gasteiger partial charge in [-0.2, -0.15) is 0 Å². The van der Waals surface area contributed by atoms with Crippen LogP contribution >= 0.6 is 24.8 Å². The number of hydrogen-bond acceptors (Lipinski definition) is 4. The molecule has 0 radical (unpaired) electrons. The molecule has 0 aromatic carbocycles. The van der Waals surface area contributed by atoms with Gasteiger partial charge >= 0.3 is 5.97 Å². The van der Waals surface area contributed by atoms with Gasteiger partial charge in [-0.25, -0.2) is 0 Å². The zero-order valence-electron chi connectivity index (χ0n) is 7.73. The van der Waals surface area contributed by atoms with Gasteiger partial charge in [0.1, 0.15) is 6.04 Å². The first-order chi connectivity index (χ1) is 5.15. The minimum absolute atomic E-state index is 0. The summed E-state index contributed by atoms with van der Waals surface area (Å²) in [5, 5.41) is 0. The van der Waals surface area contributed by atoms with E-state index in [0.29, 0.717) is 6.42 Å². The fraction of sp³-hybridized carbons (Fsp3) is 0.857. The average molecular weight is 231 g/mol. The number of carbonyl (C=O) groups excluding carboxylic acids is 1. The molecule has 1 saturated heterocycles. The molecule has 13 heavy (non-hydrogen) atoms. The van der Waals surface area contributed by atoms with E-state index in [0.717, 1.165) is 6.54 Å². The normalized spacial score (nSPS) is 27.3. The fourth-order valence-electron chi connectivity index (χ4n) is 1.45. The van der Waals surface area contributed by atoms with Crippen LogP contribution in [0.15, 0.2) is 0 Å². The second kappa shape index (κ2) is 6.43. The van der Waals surface area contributed by atoms with E-state index in [1.54, 1.807) is 0 Å². The highest BCUT2D eigenvalue weighted by Crippen LogP contribution is 2.14. The molecule has 0 aromatic rings. The van der Waals surface area contributed by atoms with Crippen LogP contribution in [0.3, 0.4) is 0 Å². The summed E-state index contributed by atoms with van der Waals surface area (Å²) in [7, 11) is 3.29. The maximum atomic E-state index is 11.1. The summed E-state index contributed by atoms with van der Waals surface area (Å²) in [6.07, 6.45) is 0.711. The third kappa shape index (κ3) is 3.68. The van der Waals surface area contributed by atoms with E-state index in [-0.39, 0.29) is 42.9 Å².